The second-order valence-corrected chi connectivity index (χ2v) is 3.91. The number of nitrogens with zero attached hydrogens (tertiary/aromatic N) is 1. The highest BCUT2D eigenvalue weighted by atomic mass is 16.6. The van der Waals surface area contributed by atoms with Crippen LogP contribution in [0.5, 0.6) is 0 Å². The number of nitrogens with one attached hydrogen (secondary N) is 2. The number of hydrogen-bond acceptors (Lipinski definition) is 6. The molecule has 0 unspecified atom stereocenters. The highest BCUT2D eigenvalue weighted by molar-refractivity contribution is 6.00. The lowest BCUT2D eigenvalue weighted by Crippen LogP contribution is -2.26. The van der Waals surface area contributed by atoms with Crippen LogP contribution in [-0.2, 0) is 4.74 Å². The minimum atomic E-state index is -0.635. The van der Waals surface area contributed by atoms with Crippen molar-refractivity contribution in [1.29, 1.82) is 0 Å². The molecule has 110 valence electrons. The third kappa shape index (κ3) is 4.18. The predicted octanol–water partition coefficient (Wildman–Crippen LogP) is 1.04. The fraction of sp³-hybridized carbons (Fsp3) is 0.417. The van der Waals surface area contributed by atoms with Crippen molar-refractivity contribution >= 4 is 17.3 Å². The Balaban J connectivity index is 2.75. The van der Waals surface area contributed by atoms with E-state index in [0.717, 1.165) is 0 Å². The van der Waals surface area contributed by atoms with Gasteiger partial charge in [-0.15, -0.1) is 0 Å². The molecule has 8 nitrogen and oxygen atoms in total. The number of carbonyl (C=O) groups excluding carboxylic acids is 1. The van der Waals surface area contributed by atoms with Crippen molar-refractivity contribution in [2.24, 2.45) is 5.84 Å². The molecule has 4 N–H and O–H groups in total. The van der Waals surface area contributed by atoms with E-state index in [0.29, 0.717) is 26.2 Å². The number of carbonyl (C=O) groups is 1. The molecule has 1 rings (SSSR count). The Morgan fingerprint density at radius 2 is 2.25 bits per heavy atom. The number of amides is 1. The quantitative estimate of drug-likeness (QED) is 0.283. The molecule has 0 bridgehead atoms. The molecular formula is C12H18N4O4. The fourth-order valence-electron chi connectivity index (χ4n) is 1.66. The molecule has 0 saturated carbocycles. The van der Waals surface area contributed by atoms with Crippen LogP contribution < -0.4 is 16.6 Å². The maximum absolute atomic E-state index is 11.9. The van der Waals surface area contributed by atoms with E-state index >= 15 is 0 Å². The fourth-order valence-corrected chi connectivity index (χ4v) is 1.66. The van der Waals surface area contributed by atoms with Gasteiger partial charge in [0.2, 0.25) is 0 Å². The average Bonchev–Trinajstić information content (AvgIpc) is 2.45. The second kappa shape index (κ2) is 8.08. The molecule has 1 aromatic rings. The lowest BCUT2D eigenvalue weighted by molar-refractivity contribution is -0.384. The summed E-state index contributed by atoms with van der Waals surface area (Å²) in [5, 5.41) is 13.6. The molecule has 20 heavy (non-hydrogen) atoms. The topological polar surface area (TPSA) is 120 Å². The monoisotopic (exact) mass is 282 g/mol. The van der Waals surface area contributed by atoms with Gasteiger partial charge < -0.3 is 15.5 Å². The molecule has 0 radical (unpaired) electrons. The minimum absolute atomic E-state index is 0.0261. The Morgan fingerprint density at radius 3 is 2.85 bits per heavy atom. The number of ether oxygens (including phenoxy) is 1. The zero-order valence-corrected chi connectivity index (χ0v) is 11.2. The normalized spacial score (nSPS) is 10.1. The zero-order valence-electron chi connectivity index (χ0n) is 11.2. The Morgan fingerprint density at radius 1 is 1.50 bits per heavy atom. The third-order valence-corrected chi connectivity index (χ3v) is 2.57. The van der Waals surface area contributed by atoms with Crippen LogP contribution in [0.15, 0.2) is 18.2 Å². The molecule has 0 spiro atoms. The number of para-hydroxylation sites is 1. The highest BCUT2D eigenvalue weighted by Gasteiger charge is 2.23. The molecular weight excluding hydrogens is 264 g/mol. The summed E-state index contributed by atoms with van der Waals surface area (Å²) in [6, 6.07) is 4.35. The van der Waals surface area contributed by atoms with Crippen molar-refractivity contribution in [2.45, 2.75) is 13.3 Å². The zero-order chi connectivity index (χ0) is 15.0. The number of hydrogen-bond donors (Lipinski definition) is 3. The molecule has 1 amide bonds. The molecule has 0 heterocycles. The molecule has 0 aromatic heterocycles. The van der Waals surface area contributed by atoms with E-state index in [4.69, 9.17) is 10.6 Å². The van der Waals surface area contributed by atoms with Gasteiger partial charge in [-0.05, 0) is 25.5 Å². The first-order chi connectivity index (χ1) is 9.61. The van der Waals surface area contributed by atoms with Crippen LogP contribution in [-0.4, -0.2) is 30.6 Å². The lowest BCUT2D eigenvalue weighted by Gasteiger charge is -2.08. The summed E-state index contributed by atoms with van der Waals surface area (Å²) < 4.78 is 5.13. The van der Waals surface area contributed by atoms with E-state index < -0.39 is 10.8 Å². The number of nitrogens with two attached hydrogens (primary N) is 1. The van der Waals surface area contributed by atoms with Crippen molar-refractivity contribution in [3.63, 3.8) is 0 Å². The number of benzene rings is 1. The number of nitrogen functional groups attached to an aromatic ring is 1. The Labute approximate surface area is 116 Å². The highest BCUT2D eigenvalue weighted by Crippen LogP contribution is 2.27. The first-order valence-corrected chi connectivity index (χ1v) is 6.21. The minimum Gasteiger partial charge on any atom is -0.382 e. The number of nitro benzene ring substituents is 1. The van der Waals surface area contributed by atoms with Crippen LogP contribution in [0.4, 0.5) is 11.4 Å². The molecule has 0 aliphatic rings. The Hall–Kier alpha value is -2.19. The average molecular weight is 282 g/mol. The Kier molecular flexibility index (Phi) is 6.41. The summed E-state index contributed by atoms with van der Waals surface area (Å²) in [5.74, 6) is 4.70. The first kappa shape index (κ1) is 15.9. The number of hydrazine groups is 1. The SMILES string of the molecule is CCOCCCNC(=O)c1cccc(NN)c1[N+](=O)[O-]. The van der Waals surface area contributed by atoms with Gasteiger partial charge in [-0.25, -0.2) is 0 Å². The molecule has 0 aliphatic carbocycles. The molecule has 0 aliphatic heterocycles. The van der Waals surface area contributed by atoms with Crippen LogP contribution in [0.1, 0.15) is 23.7 Å². The van der Waals surface area contributed by atoms with Crippen molar-refractivity contribution in [1.82, 2.24) is 5.32 Å². The van der Waals surface area contributed by atoms with E-state index in [-0.39, 0.29) is 16.9 Å². The van der Waals surface area contributed by atoms with Crippen molar-refractivity contribution in [3.8, 4) is 0 Å². The van der Waals surface area contributed by atoms with Gasteiger partial charge in [0.1, 0.15) is 11.3 Å². The Bertz CT molecular complexity index is 479. The van der Waals surface area contributed by atoms with E-state index in [9.17, 15) is 14.9 Å². The third-order valence-electron chi connectivity index (χ3n) is 2.57. The van der Waals surface area contributed by atoms with Crippen LogP contribution >= 0.6 is 0 Å². The van der Waals surface area contributed by atoms with Crippen LogP contribution in [0, 0.1) is 10.1 Å². The maximum Gasteiger partial charge on any atom is 0.306 e. The van der Waals surface area contributed by atoms with Gasteiger partial charge in [0, 0.05) is 19.8 Å². The number of anilines is 1. The molecule has 8 heteroatoms. The second-order valence-electron chi connectivity index (χ2n) is 3.91. The molecule has 0 saturated heterocycles. The van der Waals surface area contributed by atoms with E-state index in [1.165, 1.54) is 18.2 Å². The van der Waals surface area contributed by atoms with Gasteiger partial charge in [0.05, 0.1) is 4.92 Å². The number of rotatable bonds is 8. The van der Waals surface area contributed by atoms with Crippen molar-refractivity contribution < 1.29 is 14.5 Å². The molecule has 0 fully saturated rings. The predicted molar refractivity (Wildman–Crippen MR) is 74.3 cm³/mol. The van der Waals surface area contributed by atoms with Gasteiger partial charge in [0.25, 0.3) is 5.91 Å². The van der Waals surface area contributed by atoms with E-state index in [2.05, 4.69) is 10.7 Å². The largest absolute Gasteiger partial charge is 0.382 e. The van der Waals surface area contributed by atoms with E-state index in [1.807, 2.05) is 6.92 Å². The molecule has 1 aromatic carbocycles. The summed E-state index contributed by atoms with van der Waals surface area (Å²) in [6.45, 7) is 3.41. The summed E-state index contributed by atoms with van der Waals surface area (Å²) in [5.41, 5.74) is 1.95. The first-order valence-electron chi connectivity index (χ1n) is 6.21. The van der Waals surface area contributed by atoms with Gasteiger partial charge in [0.15, 0.2) is 0 Å². The summed E-state index contributed by atoms with van der Waals surface area (Å²) >= 11 is 0. The van der Waals surface area contributed by atoms with Gasteiger partial charge in [-0.1, -0.05) is 6.07 Å². The lowest BCUT2D eigenvalue weighted by atomic mass is 10.1. The van der Waals surface area contributed by atoms with Gasteiger partial charge in [-0.3, -0.25) is 20.8 Å². The van der Waals surface area contributed by atoms with Crippen LogP contribution in [0.3, 0.4) is 0 Å². The van der Waals surface area contributed by atoms with E-state index in [1.54, 1.807) is 0 Å². The van der Waals surface area contributed by atoms with Crippen LogP contribution in [0.2, 0.25) is 0 Å². The van der Waals surface area contributed by atoms with Crippen molar-refractivity contribution in [3.05, 3.63) is 33.9 Å². The summed E-state index contributed by atoms with van der Waals surface area (Å²) in [4.78, 5) is 22.3. The smallest absolute Gasteiger partial charge is 0.306 e. The van der Waals surface area contributed by atoms with Crippen LogP contribution in [0.25, 0.3) is 0 Å². The van der Waals surface area contributed by atoms with Gasteiger partial charge in [-0.2, -0.15) is 0 Å². The summed E-state index contributed by atoms with van der Waals surface area (Å²) in [7, 11) is 0. The number of nitro groups is 1. The van der Waals surface area contributed by atoms with Crippen molar-refractivity contribution in [2.75, 3.05) is 25.2 Å². The van der Waals surface area contributed by atoms with Gasteiger partial charge >= 0.3 is 5.69 Å². The summed E-state index contributed by atoms with van der Waals surface area (Å²) in [6.07, 6.45) is 0.641. The maximum atomic E-state index is 11.9. The molecule has 0 atom stereocenters. The standard InChI is InChI=1S/C12H18N4O4/c1-2-20-8-4-7-14-12(17)9-5-3-6-10(15-13)11(9)16(18)19/h3,5-6,15H,2,4,7-8,13H2,1H3,(H,14,17).